The van der Waals surface area contributed by atoms with Crippen molar-refractivity contribution in [1.29, 1.82) is 0 Å². The summed E-state index contributed by atoms with van der Waals surface area (Å²) in [5.74, 6) is -0.831. The monoisotopic (exact) mass is 265 g/mol. The predicted octanol–water partition coefficient (Wildman–Crippen LogP) is 2.62. The number of rotatable bonds is 2. The Morgan fingerprint density at radius 2 is 2.20 bits per heavy atom. The molecule has 0 saturated heterocycles. The van der Waals surface area contributed by atoms with Crippen LogP contribution in [0.2, 0.25) is 0 Å². The summed E-state index contributed by atoms with van der Waals surface area (Å²) in [5, 5.41) is 9.65. The molecule has 4 heteroatoms. The fraction of sp³-hybridized carbons (Fsp3) is 0.0909. The number of fused-ring (bicyclic) bond motifs is 1. The molecule has 0 radical (unpaired) electrons. The van der Waals surface area contributed by atoms with Gasteiger partial charge in [0.2, 0.25) is 0 Å². The second-order valence-corrected chi connectivity index (χ2v) is 4.03. The van der Waals surface area contributed by atoms with Crippen LogP contribution in [0.3, 0.4) is 0 Å². The number of aliphatic carboxylic acids is 1. The van der Waals surface area contributed by atoms with Crippen LogP contribution in [0.5, 0.6) is 0 Å². The molecular weight excluding hydrogens is 258 g/mol. The Balaban J connectivity index is 2.65. The molecule has 1 aromatic heterocycles. The lowest BCUT2D eigenvalue weighted by molar-refractivity contribution is -0.136. The smallest absolute Gasteiger partial charge is 0.307 e. The number of carbonyl (C=O) groups is 1. The lowest BCUT2D eigenvalue weighted by Gasteiger charge is -2.04. The molecule has 0 atom stereocenters. The third-order valence-corrected chi connectivity index (χ3v) is 2.79. The Kier molecular flexibility index (Phi) is 2.68. The molecule has 1 aromatic carbocycles. The van der Waals surface area contributed by atoms with Crippen LogP contribution >= 0.6 is 15.9 Å². The highest BCUT2D eigenvalue weighted by atomic mass is 79.9. The number of hydrogen-bond donors (Lipinski definition) is 1. The Labute approximate surface area is 94.9 Å². The van der Waals surface area contributed by atoms with Crippen LogP contribution in [0.1, 0.15) is 5.56 Å². The zero-order valence-corrected chi connectivity index (χ0v) is 9.36. The number of nitrogens with zero attached hydrogens (tertiary/aromatic N) is 1. The molecule has 3 nitrogen and oxygen atoms in total. The van der Waals surface area contributed by atoms with Crippen molar-refractivity contribution in [3.8, 4) is 0 Å². The number of carboxylic acid groups (broad SMARTS) is 1. The lowest BCUT2D eigenvalue weighted by Crippen LogP contribution is -2.01. The molecule has 76 valence electrons. The molecule has 0 aliphatic carbocycles. The number of halogens is 1. The van der Waals surface area contributed by atoms with Gasteiger partial charge in [0.25, 0.3) is 0 Å². The first-order valence-electron chi connectivity index (χ1n) is 4.42. The summed E-state index contributed by atoms with van der Waals surface area (Å²) in [6, 6.07) is 7.38. The fourth-order valence-electron chi connectivity index (χ4n) is 1.51. The normalized spacial score (nSPS) is 10.5. The van der Waals surface area contributed by atoms with Crippen molar-refractivity contribution in [2.45, 2.75) is 6.42 Å². The molecule has 0 spiro atoms. The SMILES string of the molecule is O=C(O)Cc1ccnc2c(Br)cccc12. The van der Waals surface area contributed by atoms with Gasteiger partial charge in [-0.2, -0.15) is 0 Å². The van der Waals surface area contributed by atoms with Crippen LogP contribution in [-0.2, 0) is 11.2 Å². The summed E-state index contributed by atoms with van der Waals surface area (Å²) in [7, 11) is 0. The van der Waals surface area contributed by atoms with Crippen molar-refractivity contribution >= 4 is 32.8 Å². The van der Waals surface area contributed by atoms with Crippen molar-refractivity contribution in [3.05, 3.63) is 40.5 Å². The average molecular weight is 266 g/mol. The van der Waals surface area contributed by atoms with E-state index in [-0.39, 0.29) is 6.42 Å². The Bertz CT molecular complexity index is 525. The van der Waals surface area contributed by atoms with Crippen LogP contribution < -0.4 is 0 Å². The summed E-state index contributed by atoms with van der Waals surface area (Å²) in [5.41, 5.74) is 1.59. The molecule has 0 amide bonds. The highest BCUT2D eigenvalue weighted by Gasteiger charge is 2.07. The fourth-order valence-corrected chi connectivity index (χ4v) is 1.98. The molecule has 0 saturated carbocycles. The molecule has 0 bridgehead atoms. The topological polar surface area (TPSA) is 50.2 Å². The maximum Gasteiger partial charge on any atom is 0.307 e. The van der Waals surface area contributed by atoms with Gasteiger partial charge in [-0.05, 0) is 33.6 Å². The summed E-state index contributed by atoms with van der Waals surface area (Å²) < 4.78 is 0.882. The van der Waals surface area contributed by atoms with Crippen LogP contribution in [0.4, 0.5) is 0 Å². The highest BCUT2D eigenvalue weighted by Crippen LogP contribution is 2.24. The zero-order valence-electron chi connectivity index (χ0n) is 7.77. The maximum absolute atomic E-state index is 10.7. The molecule has 0 fully saturated rings. The number of para-hydroxylation sites is 1. The van der Waals surface area contributed by atoms with Crippen molar-refractivity contribution in [2.24, 2.45) is 0 Å². The standard InChI is InChI=1S/C11H8BrNO2/c12-9-3-1-2-8-7(6-10(14)15)4-5-13-11(8)9/h1-5H,6H2,(H,14,15). The van der Waals surface area contributed by atoms with Gasteiger partial charge in [-0.1, -0.05) is 12.1 Å². The lowest BCUT2D eigenvalue weighted by atomic mass is 10.1. The van der Waals surface area contributed by atoms with Gasteiger partial charge >= 0.3 is 5.97 Å². The van der Waals surface area contributed by atoms with Gasteiger partial charge in [0.05, 0.1) is 11.9 Å². The number of benzene rings is 1. The summed E-state index contributed by atoms with van der Waals surface area (Å²) in [4.78, 5) is 14.9. The van der Waals surface area contributed by atoms with Gasteiger partial charge in [0.1, 0.15) is 0 Å². The van der Waals surface area contributed by atoms with E-state index in [2.05, 4.69) is 20.9 Å². The van der Waals surface area contributed by atoms with Crippen LogP contribution in [-0.4, -0.2) is 16.1 Å². The number of pyridine rings is 1. The Hall–Kier alpha value is -1.42. The Morgan fingerprint density at radius 3 is 2.93 bits per heavy atom. The average Bonchev–Trinajstić information content (AvgIpc) is 2.19. The van der Waals surface area contributed by atoms with Crippen molar-refractivity contribution in [1.82, 2.24) is 4.98 Å². The van der Waals surface area contributed by atoms with E-state index >= 15 is 0 Å². The number of carboxylic acids is 1. The molecule has 0 aliphatic rings. The van der Waals surface area contributed by atoms with Crippen LogP contribution in [0.25, 0.3) is 10.9 Å². The number of hydrogen-bond acceptors (Lipinski definition) is 2. The molecule has 1 N–H and O–H groups in total. The molecule has 2 aromatic rings. The minimum atomic E-state index is -0.831. The van der Waals surface area contributed by atoms with E-state index in [0.717, 1.165) is 20.9 Å². The largest absolute Gasteiger partial charge is 0.481 e. The van der Waals surface area contributed by atoms with Gasteiger partial charge in [-0.3, -0.25) is 9.78 Å². The summed E-state index contributed by atoms with van der Waals surface area (Å²) in [6.07, 6.45) is 1.65. The first kappa shape index (κ1) is 10.1. The van der Waals surface area contributed by atoms with E-state index in [0.29, 0.717) is 0 Å². The Morgan fingerprint density at radius 1 is 1.40 bits per heavy atom. The summed E-state index contributed by atoms with van der Waals surface area (Å²) in [6.45, 7) is 0. The minimum Gasteiger partial charge on any atom is -0.481 e. The summed E-state index contributed by atoms with van der Waals surface area (Å²) >= 11 is 3.39. The molecule has 1 heterocycles. The van der Waals surface area contributed by atoms with E-state index < -0.39 is 5.97 Å². The third-order valence-electron chi connectivity index (χ3n) is 2.15. The van der Waals surface area contributed by atoms with Gasteiger partial charge in [-0.15, -0.1) is 0 Å². The van der Waals surface area contributed by atoms with Crippen molar-refractivity contribution < 1.29 is 9.90 Å². The van der Waals surface area contributed by atoms with Crippen molar-refractivity contribution in [3.63, 3.8) is 0 Å². The van der Waals surface area contributed by atoms with E-state index in [1.165, 1.54) is 0 Å². The quantitative estimate of drug-likeness (QED) is 0.908. The maximum atomic E-state index is 10.7. The first-order chi connectivity index (χ1) is 7.18. The van der Waals surface area contributed by atoms with E-state index in [4.69, 9.17) is 5.11 Å². The van der Waals surface area contributed by atoms with E-state index in [9.17, 15) is 4.79 Å². The van der Waals surface area contributed by atoms with E-state index in [1.54, 1.807) is 12.3 Å². The van der Waals surface area contributed by atoms with Crippen LogP contribution in [0, 0.1) is 0 Å². The van der Waals surface area contributed by atoms with Gasteiger partial charge in [0.15, 0.2) is 0 Å². The van der Waals surface area contributed by atoms with Gasteiger partial charge < -0.3 is 5.11 Å². The molecule has 15 heavy (non-hydrogen) atoms. The van der Waals surface area contributed by atoms with Gasteiger partial charge in [0, 0.05) is 16.1 Å². The second-order valence-electron chi connectivity index (χ2n) is 3.18. The number of aromatic nitrogens is 1. The van der Waals surface area contributed by atoms with Crippen molar-refractivity contribution in [2.75, 3.05) is 0 Å². The third kappa shape index (κ3) is 1.99. The highest BCUT2D eigenvalue weighted by molar-refractivity contribution is 9.10. The zero-order chi connectivity index (χ0) is 10.8. The molecule has 0 aliphatic heterocycles. The predicted molar refractivity (Wildman–Crippen MR) is 60.8 cm³/mol. The van der Waals surface area contributed by atoms with E-state index in [1.807, 2.05) is 18.2 Å². The second kappa shape index (κ2) is 3.98. The molecule has 2 rings (SSSR count). The van der Waals surface area contributed by atoms with Crippen LogP contribution in [0.15, 0.2) is 34.9 Å². The first-order valence-corrected chi connectivity index (χ1v) is 5.21. The minimum absolute atomic E-state index is 0.0233. The van der Waals surface area contributed by atoms with Gasteiger partial charge in [-0.25, -0.2) is 0 Å². The molecular formula is C11H8BrNO2. The molecule has 0 unspecified atom stereocenters.